The molecule has 2 aromatic rings. The number of aromatic nitrogens is 2. The number of phenolic OH excluding ortho intramolecular Hbond substituents is 1. The van der Waals surface area contributed by atoms with E-state index in [1.54, 1.807) is 43.2 Å². The van der Waals surface area contributed by atoms with E-state index in [9.17, 15) is 9.90 Å². The summed E-state index contributed by atoms with van der Waals surface area (Å²) >= 11 is 0. The van der Waals surface area contributed by atoms with Gasteiger partial charge in [-0.25, -0.2) is 4.98 Å². The molecule has 2 N–H and O–H groups in total. The molecule has 1 saturated heterocycles. The maximum Gasteiger partial charge on any atom is 0.293 e. The van der Waals surface area contributed by atoms with E-state index >= 15 is 0 Å². The van der Waals surface area contributed by atoms with Crippen LogP contribution in [0.1, 0.15) is 5.56 Å². The Morgan fingerprint density at radius 1 is 1.31 bits per heavy atom. The number of aliphatic imine (C=N–C) groups is 1. The van der Waals surface area contributed by atoms with Crippen molar-refractivity contribution in [2.45, 2.75) is 6.54 Å². The number of benzene rings is 1. The number of aromatic hydroxyl groups is 1. The maximum absolute atomic E-state index is 12.2. The van der Waals surface area contributed by atoms with Crippen LogP contribution in [0.25, 0.3) is 0 Å². The number of guanidine groups is 1. The molecule has 0 amide bonds. The molecule has 26 heavy (non-hydrogen) atoms. The summed E-state index contributed by atoms with van der Waals surface area (Å²) in [4.78, 5) is 25.0. The highest BCUT2D eigenvalue weighted by Crippen LogP contribution is 2.11. The van der Waals surface area contributed by atoms with E-state index < -0.39 is 0 Å². The highest BCUT2D eigenvalue weighted by molar-refractivity contribution is 5.80. The van der Waals surface area contributed by atoms with Gasteiger partial charge in [0.05, 0.1) is 0 Å². The molecular weight excluding hydrogens is 332 g/mol. The molecule has 0 aliphatic carbocycles. The van der Waals surface area contributed by atoms with Gasteiger partial charge < -0.3 is 24.8 Å². The van der Waals surface area contributed by atoms with Gasteiger partial charge in [0, 0.05) is 59.2 Å². The molecule has 0 spiro atoms. The van der Waals surface area contributed by atoms with Crippen molar-refractivity contribution in [1.29, 1.82) is 0 Å². The molecule has 0 atom stereocenters. The lowest BCUT2D eigenvalue weighted by atomic mass is 10.2. The van der Waals surface area contributed by atoms with Gasteiger partial charge in [0.15, 0.2) is 11.8 Å². The summed E-state index contributed by atoms with van der Waals surface area (Å²) in [7, 11) is 3.49. The van der Waals surface area contributed by atoms with Crippen molar-refractivity contribution in [2.75, 3.05) is 38.1 Å². The number of aryl methyl sites for hydroxylation is 1. The van der Waals surface area contributed by atoms with Gasteiger partial charge in [-0.3, -0.25) is 9.79 Å². The minimum atomic E-state index is -0.0765. The predicted molar refractivity (Wildman–Crippen MR) is 102 cm³/mol. The number of piperazine rings is 1. The van der Waals surface area contributed by atoms with Crippen LogP contribution in [0.3, 0.4) is 0 Å². The molecule has 1 aliphatic rings. The van der Waals surface area contributed by atoms with Crippen LogP contribution in [0.2, 0.25) is 0 Å². The lowest BCUT2D eigenvalue weighted by Gasteiger charge is -2.36. The zero-order valence-electron chi connectivity index (χ0n) is 15.1. The van der Waals surface area contributed by atoms with E-state index in [1.807, 2.05) is 17.0 Å². The van der Waals surface area contributed by atoms with Crippen LogP contribution in [0.4, 0.5) is 5.82 Å². The second-order valence-corrected chi connectivity index (χ2v) is 6.21. The van der Waals surface area contributed by atoms with E-state index in [-0.39, 0.29) is 11.3 Å². The molecule has 3 rings (SSSR count). The van der Waals surface area contributed by atoms with Crippen LogP contribution >= 0.6 is 0 Å². The Kier molecular flexibility index (Phi) is 5.40. The lowest BCUT2D eigenvalue weighted by Crippen LogP contribution is -2.53. The lowest BCUT2D eigenvalue weighted by molar-refractivity contribution is 0.370. The Labute approximate surface area is 152 Å². The molecule has 1 aromatic carbocycles. The summed E-state index contributed by atoms with van der Waals surface area (Å²) in [5.74, 6) is 1.56. The molecular formula is C18H24N6O2. The van der Waals surface area contributed by atoms with Crippen LogP contribution in [0, 0.1) is 0 Å². The number of hydrogen-bond donors (Lipinski definition) is 2. The summed E-state index contributed by atoms with van der Waals surface area (Å²) in [5, 5.41) is 12.9. The molecule has 0 unspecified atom stereocenters. The Balaban J connectivity index is 1.59. The quantitative estimate of drug-likeness (QED) is 0.611. The third kappa shape index (κ3) is 3.96. The van der Waals surface area contributed by atoms with Gasteiger partial charge in [-0.05, 0) is 17.7 Å². The Hall–Kier alpha value is -3.03. The van der Waals surface area contributed by atoms with Crippen molar-refractivity contribution in [2.24, 2.45) is 12.0 Å². The van der Waals surface area contributed by atoms with Crippen molar-refractivity contribution in [1.82, 2.24) is 19.8 Å². The zero-order valence-corrected chi connectivity index (χ0v) is 15.1. The molecule has 138 valence electrons. The normalized spacial score (nSPS) is 15.2. The summed E-state index contributed by atoms with van der Waals surface area (Å²) in [5.41, 5.74) is 0.911. The van der Waals surface area contributed by atoms with Crippen LogP contribution in [-0.2, 0) is 13.6 Å². The monoisotopic (exact) mass is 356 g/mol. The average Bonchev–Trinajstić information content (AvgIpc) is 2.65. The summed E-state index contributed by atoms with van der Waals surface area (Å²) in [6, 6.07) is 7.16. The van der Waals surface area contributed by atoms with Gasteiger partial charge in [-0.15, -0.1) is 0 Å². The smallest absolute Gasteiger partial charge is 0.293 e. The van der Waals surface area contributed by atoms with E-state index in [0.29, 0.717) is 25.5 Å². The predicted octanol–water partition coefficient (Wildman–Crippen LogP) is 0.384. The molecule has 1 aromatic heterocycles. The zero-order chi connectivity index (χ0) is 18.5. The van der Waals surface area contributed by atoms with Crippen molar-refractivity contribution >= 4 is 11.8 Å². The van der Waals surface area contributed by atoms with Crippen molar-refractivity contribution in [3.63, 3.8) is 0 Å². The van der Waals surface area contributed by atoms with Crippen molar-refractivity contribution < 1.29 is 5.11 Å². The minimum Gasteiger partial charge on any atom is -0.508 e. The fraction of sp³-hybridized carbons (Fsp3) is 0.389. The van der Waals surface area contributed by atoms with Crippen LogP contribution in [0.5, 0.6) is 5.75 Å². The minimum absolute atomic E-state index is 0.0765. The summed E-state index contributed by atoms with van der Waals surface area (Å²) in [6.07, 6.45) is 3.31. The Morgan fingerprint density at radius 2 is 2.08 bits per heavy atom. The first-order valence-corrected chi connectivity index (χ1v) is 8.58. The summed E-state index contributed by atoms with van der Waals surface area (Å²) < 4.78 is 1.55. The van der Waals surface area contributed by atoms with E-state index in [4.69, 9.17) is 0 Å². The van der Waals surface area contributed by atoms with Gasteiger partial charge in [-0.2, -0.15) is 0 Å². The van der Waals surface area contributed by atoms with Gasteiger partial charge in [0.1, 0.15) is 5.75 Å². The first-order chi connectivity index (χ1) is 12.6. The molecule has 1 aliphatic heterocycles. The fourth-order valence-corrected chi connectivity index (χ4v) is 3.01. The Morgan fingerprint density at radius 3 is 2.77 bits per heavy atom. The average molecular weight is 356 g/mol. The number of nitrogens with zero attached hydrogens (tertiary/aromatic N) is 5. The molecule has 8 heteroatoms. The third-order valence-electron chi connectivity index (χ3n) is 4.45. The third-order valence-corrected chi connectivity index (χ3v) is 4.45. The Bertz CT molecular complexity index is 840. The first kappa shape index (κ1) is 17.8. The maximum atomic E-state index is 12.2. The molecule has 0 saturated carbocycles. The summed E-state index contributed by atoms with van der Waals surface area (Å²) in [6.45, 7) is 3.50. The van der Waals surface area contributed by atoms with E-state index in [2.05, 4.69) is 20.2 Å². The SMILES string of the molecule is CN=C(NCc1cccc(O)c1)N1CCN(c2nccn(C)c2=O)CC1. The second-order valence-electron chi connectivity index (χ2n) is 6.21. The molecule has 1 fully saturated rings. The van der Waals surface area contributed by atoms with E-state index in [1.165, 1.54) is 0 Å². The molecule has 2 heterocycles. The number of nitrogens with one attached hydrogen (secondary N) is 1. The molecule has 8 nitrogen and oxygen atoms in total. The first-order valence-electron chi connectivity index (χ1n) is 8.58. The standard InChI is InChI=1S/C18H24N6O2/c1-19-18(21-13-14-4-3-5-15(25)12-14)24-10-8-23(9-11-24)16-17(26)22(2)7-6-20-16/h3-7,12,25H,8-11,13H2,1-2H3,(H,19,21). The van der Waals surface area contributed by atoms with Crippen LogP contribution < -0.4 is 15.8 Å². The second kappa shape index (κ2) is 7.90. The van der Waals surface area contributed by atoms with Gasteiger partial charge in [0.25, 0.3) is 5.56 Å². The highest BCUT2D eigenvalue weighted by atomic mass is 16.3. The topological polar surface area (TPSA) is 86.0 Å². The largest absolute Gasteiger partial charge is 0.508 e. The van der Waals surface area contributed by atoms with E-state index in [0.717, 1.165) is 24.6 Å². The van der Waals surface area contributed by atoms with Crippen LogP contribution in [-0.4, -0.2) is 58.7 Å². The van der Waals surface area contributed by atoms with Crippen LogP contribution in [0.15, 0.2) is 46.4 Å². The van der Waals surface area contributed by atoms with Crippen molar-refractivity contribution in [3.05, 3.63) is 52.6 Å². The number of anilines is 1. The number of rotatable bonds is 3. The number of phenols is 1. The molecule has 0 bridgehead atoms. The fourth-order valence-electron chi connectivity index (χ4n) is 3.01. The van der Waals surface area contributed by atoms with Gasteiger partial charge >= 0.3 is 0 Å². The highest BCUT2D eigenvalue weighted by Gasteiger charge is 2.22. The molecule has 0 radical (unpaired) electrons. The van der Waals surface area contributed by atoms with Crippen molar-refractivity contribution in [3.8, 4) is 5.75 Å². The number of hydrogen-bond acceptors (Lipinski definition) is 5. The van der Waals surface area contributed by atoms with Gasteiger partial charge in [0.2, 0.25) is 0 Å². The van der Waals surface area contributed by atoms with Gasteiger partial charge in [-0.1, -0.05) is 12.1 Å².